The Hall–Kier alpha value is -2.77. The van der Waals surface area contributed by atoms with E-state index in [0.717, 1.165) is 56.1 Å². The van der Waals surface area contributed by atoms with Crippen LogP contribution in [0.4, 0.5) is 4.39 Å². The predicted molar refractivity (Wildman–Crippen MR) is 140 cm³/mol. The zero-order chi connectivity index (χ0) is 25.4. The molecule has 0 bridgehead atoms. The maximum atomic E-state index is 14.3. The van der Waals surface area contributed by atoms with Crippen molar-refractivity contribution in [3.8, 4) is 5.69 Å². The first-order chi connectivity index (χ1) is 17.4. The van der Waals surface area contributed by atoms with E-state index in [1.807, 2.05) is 30.8 Å². The summed E-state index contributed by atoms with van der Waals surface area (Å²) in [6.07, 6.45) is 11.4. The van der Waals surface area contributed by atoms with Crippen LogP contribution in [-0.4, -0.2) is 69.2 Å². The lowest BCUT2D eigenvalue weighted by atomic mass is 9.81. The van der Waals surface area contributed by atoms with Gasteiger partial charge in [0.05, 0.1) is 23.0 Å². The van der Waals surface area contributed by atoms with Gasteiger partial charge in [0.2, 0.25) is 0 Å². The minimum Gasteiger partial charge on any atom is -0.396 e. The molecular weight excluding hydrogens is 455 g/mol. The summed E-state index contributed by atoms with van der Waals surface area (Å²) in [5.74, 6) is 0.244. The van der Waals surface area contributed by atoms with Crippen molar-refractivity contribution in [2.75, 3.05) is 26.7 Å². The molecule has 1 aliphatic heterocycles. The standard InChI is InChI=1S/C29H37FN4O2/c1-19(2)32(3)29(36)25-14-22(30)6-9-27(25)34-17-26(24-10-12-31-15-28(24)34)21-4-7-23(8-5-21)33-13-11-20(16-33)18-35/h6,9-10,12,14-15,17,19-21,23,35H,4-5,7-8,11,13,16,18H2,1-3H3/t20-,21-,23+/m0/s1. The number of carbonyl (C=O) groups is 1. The van der Waals surface area contributed by atoms with E-state index in [1.54, 1.807) is 18.0 Å². The molecule has 5 rings (SSSR count). The Bertz CT molecular complexity index is 1230. The number of carbonyl (C=O) groups excluding carboxylic acids is 1. The number of nitrogens with zero attached hydrogens (tertiary/aromatic N) is 4. The van der Waals surface area contributed by atoms with Crippen molar-refractivity contribution in [2.24, 2.45) is 5.92 Å². The van der Waals surface area contributed by atoms with E-state index in [1.165, 1.54) is 17.7 Å². The number of hydrogen-bond acceptors (Lipinski definition) is 4. The van der Waals surface area contributed by atoms with Crippen molar-refractivity contribution in [1.82, 2.24) is 19.4 Å². The SMILES string of the molecule is CC(C)N(C)C(=O)c1cc(F)ccc1-n1cc([C@H]2CC[C@@H](N3CC[C@H](CO)C3)CC2)c2ccncc21. The van der Waals surface area contributed by atoms with Crippen LogP contribution in [0.1, 0.15) is 67.8 Å². The van der Waals surface area contributed by atoms with Gasteiger partial charge in [-0.1, -0.05) is 0 Å². The quantitative estimate of drug-likeness (QED) is 0.527. The smallest absolute Gasteiger partial charge is 0.256 e. The van der Waals surface area contributed by atoms with Gasteiger partial charge in [-0.2, -0.15) is 0 Å². The molecular formula is C29H37FN4O2. The normalized spacial score (nSPS) is 23.0. The zero-order valence-electron chi connectivity index (χ0n) is 21.5. The highest BCUT2D eigenvalue weighted by atomic mass is 19.1. The monoisotopic (exact) mass is 492 g/mol. The summed E-state index contributed by atoms with van der Waals surface area (Å²) in [5.41, 5.74) is 3.25. The molecule has 1 amide bonds. The van der Waals surface area contributed by atoms with E-state index >= 15 is 0 Å². The zero-order valence-corrected chi connectivity index (χ0v) is 21.5. The third kappa shape index (κ3) is 4.66. The number of halogens is 1. The van der Waals surface area contributed by atoms with Crippen LogP contribution in [0, 0.1) is 11.7 Å². The van der Waals surface area contributed by atoms with Crippen molar-refractivity contribution in [3.63, 3.8) is 0 Å². The minimum absolute atomic E-state index is 0.00528. The maximum Gasteiger partial charge on any atom is 0.256 e. The van der Waals surface area contributed by atoms with Crippen molar-refractivity contribution in [1.29, 1.82) is 0 Å². The molecule has 0 unspecified atom stereocenters. The van der Waals surface area contributed by atoms with Gasteiger partial charge >= 0.3 is 0 Å². The van der Waals surface area contributed by atoms with Crippen LogP contribution in [0.5, 0.6) is 0 Å². The molecule has 1 aliphatic carbocycles. The third-order valence-corrected chi connectivity index (χ3v) is 8.41. The topological polar surface area (TPSA) is 61.6 Å². The fourth-order valence-electron chi connectivity index (χ4n) is 6.03. The Balaban J connectivity index is 1.46. The molecule has 6 nitrogen and oxygen atoms in total. The molecule has 192 valence electrons. The molecule has 0 spiro atoms. The molecule has 2 fully saturated rings. The fourth-order valence-corrected chi connectivity index (χ4v) is 6.03. The summed E-state index contributed by atoms with van der Waals surface area (Å²) in [5, 5.41) is 10.7. The number of aliphatic hydroxyl groups excluding tert-OH is 1. The van der Waals surface area contributed by atoms with E-state index < -0.39 is 5.82 Å². The van der Waals surface area contributed by atoms with Gasteiger partial charge in [-0.05, 0) is 94.2 Å². The van der Waals surface area contributed by atoms with E-state index in [9.17, 15) is 14.3 Å². The fraction of sp³-hybridized carbons (Fsp3) is 0.517. The van der Waals surface area contributed by atoms with Crippen molar-refractivity contribution in [2.45, 2.75) is 64.0 Å². The predicted octanol–water partition coefficient (Wildman–Crippen LogP) is 4.99. The van der Waals surface area contributed by atoms with Gasteiger partial charge in [0.1, 0.15) is 5.82 Å². The second-order valence-electron chi connectivity index (χ2n) is 10.9. The maximum absolute atomic E-state index is 14.3. The van der Waals surface area contributed by atoms with Gasteiger partial charge in [0.15, 0.2) is 0 Å². The number of rotatable bonds is 6. The number of aromatic nitrogens is 2. The van der Waals surface area contributed by atoms with Gasteiger partial charge in [-0.3, -0.25) is 9.78 Å². The molecule has 0 radical (unpaired) electrons. The second-order valence-corrected chi connectivity index (χ2v) is 10.9. The Morgan fingerprint density at radius 2 is 1.97 bits per heavy atom. The first-order valence-corrected chi connectivity index (χ1v) is 13.2. The molecule has 2 aromatic heterocycles. The van der Waals surface area contributed by atoms with Crippen LogP contribution in [-0.2, 0) is 0 Å². The molecule has 7 heteroatoms. The van der Waals surface area contributed by atoms with Gasteiger partial charge in [-0.25, -0.2) is 4.39 Å². The number of amides is 1. The van der Waals surface area contributed by atoms with Crippen molar-refractivity contribution in [3.05, 3.63) is 59.8 Å². The van der Waals surface area contributed by atoms with Crippen LogP contribution in [0.3, 0.4) is 0 Å². The number of benzene rings is 1. The molecule has 1 atom stereocenters. The molecule has 1 saturated heterocycles. The first kappa shape index (κ1) is 24.9. The largest absolute Gasteiger partial charge is 0.396 e. The number of likely N-dealkylation sites (tertiary alicyclic amines) is 1. The number of pyridine rings is 1. The van der Waals surface area contributed by atoms with E-state index in [0.29, 0.717) is 35.7 Å². The summed E-state index contributed by atoms with van der Waals surface area (Å²) in [7, 11) is 1.75. The van der Waals surface area contributed by atoms with Crippen LogP contribution in [0.2, 0.25) is 0 Å². The lowest BCUT2D eigenvalue weighted by Crippen LogP contribution is -2.36. The third-order valence-electron chi connectivity index (χ3n) is 8.41. The summed E-state index contributed by atoms with van der Waals surface area (Å²) >= 11 is 0. The second kappa shape index (κ2) is 10.3. The lowest BCUT2D eigenvalue weighted by molar-refractivity contribution is 0.0754. The van der Waals surface area contributed by atoms with Crippen LogP contribution in [0.15, 0.2) is 42.9 Å². The highest BCUT2D eigenvalue weighted by molar-refractivity contribution is 5.99. The Morgan fingerprint density at radius 3 is 2.67 bits per heavy atom. The molecule has 2 aliphatic rings. The van der Waals surface area contributed by atoms with Crippen molar-refractivity contribution >= 4 is 16.8 Å². The van der Waals surface area contributed by atoms with Gasteiger partial charge in [-0.15, -0.1) is 0 Å². The van der Waals surface area contributed by atoms with E-state index in [-0.39, 0.29) is 11.9 Å². The van der Waals surface area contributed by atoms with Crippen LogP contribution in [0.25, 0.3) is 16.6 Å². The molecule has 1 aromatic carbocycles. The Morgan fingerprint density at radius 1 is 1.19 bits per heavy atom. The minimum atomic E-state index is -0.419. The Labute approximate surface area is 212 Å². The van der Waals surface area contributed by atoms with Gasteiger partial charge in [0, 0.05) is 50.1 Å². The Kier molecular flexibility index (Phi) is 7.13. The van der Waals surface area contributed by atoms with Crippen LogP contribution < -0.4 is 0 Å². The van der Waals surface area contributed by atoms with E-state index in [4.69, 9.17) is 0 Å². The highest BCUT2D eigenvalue weighted by Gasteiger charge is 2.32. The average molecular weight is 493 g/mol. The molecule has 1 N–H and O–H groups in total. The average Bonchev–Trinajstić information content (AvgIpc) is 3.53. The van der Waals surface area contributed by atoms with Gasteiger partial charge < -0.3 is 19.5 Å². The number of fused-ring (bicyclic) bond motifs is 1. The lowest BCUT2D eigenvalue weighted by Gasteiger charge is -2.34. The molecule has 1 saturated carbocycles. The summed E-state index contributed by atoms with van der Waals surface area (Å²) in [6.45, 7) is 6.31. The molecule has 36 heavy (non-hydrogen) atoms. The van der Waals surface area contributed by atoms with Crippen LogP contribution >= 0.6 is 0 Å². The van der Waals surface area contributed by atoms with E-state index in [2.05, 4.69) is 22.1 Å². The molecule has 3 aromatic rings. The van der Waals surface area contributed by atoms with Crippen molar-refractivity contribution < 1.29 is 14.3 Å². The van der Waals surface area contributed by atoms with Gasteiger partial charge in [0.25, 0.3) is 5.91 Å². The number of aliphatic hydroxyl groups is 1. The first-order valence-electron chi connectivity index (χ1n) is 13.2. The summed E-state index contributed by atoms with van der Waals surface area (Å²) in [6, 6.07) is 7.13. The molecule has 3 heterocycles. The number of hydrogen-bond donors (Lipinski definition) is 1. The summed E-state index contributed by atoms with van der Waals surface area (Å²) in [4.78, 5) is 21.9. The highest BCUT2D eigenvalue weighted by Crippen LogP contribution is 2.40. The summed E-state index contributed by atoms with van der Waals surface area (Å²) < 4.78 is 16.3.